The molecular formula is C4H5Cl3O3. The Hall–Kier alpha value is 0.140. The number of carboxylic acid groups (broad SMARTS) is 1. The van der Waals surface area contributed by atoms with Gasteiger partial charge in [-0.1, -0.05) is 34.8 Å². The maximum Gasteiger partial charge on any atom is 0.505 e. The van der Waals surface area contributed by atoms with Gasteiger partial charge in [0.15, 0.2) is 3.79 Å². The molecule has 0 fully saturated rings. The molecule has 60 valence electrons. The van der Waals surface area contributed by atoms with Gasteiger partial charge in [0.05, 0.1) is 6.61 Å². The highest BCUT2D eigenvalue weighted by Crippen LogP contribution is 2.29. The molecule has 3 nitrogen and oxygen atoms in total. The lowest BCUT2D eigenvalue weighted by molar-refractivity contribution is 0.0909. The Morgan fingerprint density at radius 3 is 2.30 bits per heavy atom. The van der Waals surface area contributed by atoms with E-state index < -0.39 is 9.95 Å². The second kappa shape index (κ2) is 4.11. The Balaban J connectivity index is 3.29. The first-order valence-electron chi connectivity index (χ1n) is 2.34. The molecule has 0 aromatic heterocycles. The van der Waals surface area contributed by atoms with E-state index in [0.29, 0.717) is 0 Å². The van der Waals surface area contributed by atoms with Crippen LogP contribution in [0.3, 0.4) is 0 Å². The van der Waals surface area contributed by atoms with E-state index in [1.807, 2.05) is 0 Å². The van der Waals surface area contributed by atoms with Crippen LogP contribution in [-0.2, 0) is 4.74 Å². The van der Waals surface area contributed by atoms with Crippen molar-refractivity contribution < 1.29 is 14.6 Å². The first kappa shape index (κ1) is 10.1. The maximum atomic E-state index is 9.73. The van der Waals surface area contributed by atoms with Gasteiger partial charge in [0, 0.05) is 6.42 Å². The molecular weight excluding hydrogens is 202 g/mol. The van der Waals surface area contributed by atoms with Crippen LogP contribution < -0.4 is 0 Å². The van der Waals surface area contributed by atoms with E-state index in [2.05, 4.69) is 4.74 Å². The minimum absolute atomic E-state index is 0.0595. The molecule has 0 rings (SSSR count). The van der Waals surface area contributed by atoms with E-state index in [0.717, 1.165) is 0 Å². The summed E-state index contributed by atoms with van der Waals surface area (Å²) in [5.74, 6) is 0. The molecule has 0 bridgehead atoms. The van der Waals surface area contributed by atoms with Crippen molar-refractivity contribution in [2.75, 3.05) is 6.61 Å². The van der Waals surface area contributed by atoms with Crippen LogP contribution in [0.25, 0.3) is 0 Å². The first-order chi connectivity index (χ1) is 4.42. The normalized spacial score (nSPS) is 11.1. The van der Waals surface area contributed by atoms with Gasteiger partial charge in [-0.05, 0) is 0 Å². The molecule has 6 heteroatoms. The van der Waals surface area contributed by atoms with Crippen molar-refractivity contribution in [2.45, 2.75) is 10.2 Å². The number of halogens is 3. The molecule has 0 aromatic rings. The highest BCUT2D eigenvalue weighted by molar-refractivity contribution is 6.67. The van der Waals surface area contributed by atoms with Crippen LogP contribution in [0, 0.1) is 0 Å². The molecule has 0 heterocycles. The van der Waals surface area contributed by atoms with Crippen LogP contribution in [-0.4, -0.2) is 21.7 Å². The summed E-state index contributed by atoms with van der Waals surface area (Å²) in [6.07, 6.45) is -1.31. The largest absolute Gasteiger partial charge is 0.505 e. The van der Waals surface area contributed by atoms with E-state index in [4.69, 9.17) is 39.9 Å². The van der Waals surface area contributed by atoms with Crippen LogP contribution in [0.4, 0.5) is 4.79 Å². The first-order valence-corrected chi connectivity index (χ1v) is 3.47. The number of ether oxygens (including phenoxy) is 1. The zero-order valence-corrected chi connectivity index (χ0v) is 7.08. The van der Waals surface area contributed by atoms with E-state index in [1.54, 1.807) is 0 Å². The van der Waals surface area contributed by atoms with Crippen LogP contribution in [0.1, 0.15) is 6.42 Å². The van der Waals surface area contributed by atoms with Crippen molar-refractivity contribution in [1.29, 1.82) is 0 Å². The van der Waals surface area contributed by atoms with Crippen molar-refractivity contribution >= 4 is 41.0 Å². The quantitative estimate of drug-likeness (QED) is 0.559. The second-order valence-electron chi connectivity index (χ2n) is 1.48. The number of hydrogen-bond donors (Lipinski definition) is 1. The van der Waals surface area contributed by atoms with Crippen molar-refractivity contribution in [3.63, 3.8) is 0 Å². The topological polar surface area (TPSA) is 46.5 Å². The molecule has 0 atom stereocenters. The fourth-order valence-corrected chi connectivity index (χ4v) is 0.486. The molecule has 10 heavy (non-hydrogen) atoms. The van der Waals surface area contributed by atoms with E-state index >= 15 is 0 Å². The van der Waals surface area contributed by atoms with E-state index in [9.17, 15) is 4.79 Å². The van der Waals surface area contributed by atoms with Gasteiger partial charge in [-0.2, -0.15) is 0 Å². The molecule has 0 saturated carbocycles. The average Bonchev–Trinajstić information content (AvgIpc) is 1.59. The Morgan fingerprint density at radius 1 is 1.50 bits per heavy atom. The fraction of sp³-hybridized carbons (Fsp3) is 0.750. The smallest absolute Gasteiger partial charge is 0.450 e. The van der Waals surface area contributed by atoms with Crippen molar-refractivity contribution in [1.82, 2.24) is 0 Å². The minimum atomic E-state index is -1.44. The minimum Gasteiger partial charge on any atom is -0.450 e. The third kappa shape index (κ3) is 8.14. The molecule has 0 spiro atoms. The highest BCUT2D eigenvalue weighted by atomic mass is 35.6. The number of hydrogen-bond acceptors (Lipinski definition) is 2. The van der Waals surface area contributed by atoms with Gasteiger partial charge in [-0.3, -0.25) is 0 Å². The molecule has 0 aliphatic rings. The van der Waals surface area contributed by atoms with Gasteiger partial charge in [0.2, 0.25) is 0 Å². The summed E-state index contributed by atoms with van der Waals surface area (Å²) in [6.45, 7) is -0.105. The summed E-state index contributed by atoms with van der Waals surface area (Å²) in [5, 5.41) is 7.96. The molecule has 0 amide bonds. The Morgan fingerprint density at radius 2 is 2.00 bits per heavy atom. The molecule has 0 aliphatic heterocycles. The summed E-state index contributed by atoms with van der Waals surface area (Å²) in [4.78, 5) is 9.73. The summed E-state index contributed by atoms with van der Waals surface area (Å²) in [5.41, 5.74) is 0. The van der Waals surface area contributed by atoms with Gasteiger partial charge in [0.25, 0.3) is 0 Å². The fourth-order valence-electron chi connectivity index (χ4n) is 0.254. The lowest BCUT2D eigenvalue weighted by Crippen LogP contribution is -2.10. The van der Waals surface area contributed by atoms with Crippen molar-refractivity contribution in [3.8, 4) is 0 Å². The van der Waals surface area contributed by atoms with Crippen molar-refractivity contribution in [2.24, 2.45) is 0 Å². The lowest BCUT2D eigenvalue weighted by atomic mass is 10.5. The van der Waals surface area contributed by atoms with Crippen LogP contribution >= 0.6 is 34.8 Å². The molecule has 0 aromatic carbocycles. The number of alkyl halides is 3. The van der Waals surface area contributed by atoms with Gasteiger partial charge < -0.3 is 9.84 Å². The molecule has 0 unspecified atom stereocenters. The van der Waals surface area contributed by atoms with Gasteiger partial charge in [-0.15, -0.1) is 0 Å². The third-order valence-corrected chi connectivity index (χ3v) is 1.18. The SMILES string of the molecule is O=C(O)OCCC(Cl)(Cl)Cl. The van der Waals surface area contributed by atoms with E-state index in [1.165, 1.54) is 0 Å². The summed E-state index contributed by atoms with van der Waals surface area (Å²) in [6, 6.07) is 0. The molecule has 0 aliphatic carbocycles. The third-order valence-electron chi connectivity index (χ3n) is 0.611. The maximum absolute atomic E-state index is 9.73. The highest BCUT2D eigenvalue weighted by Gasteiger charge is 2.19. The summed E-state index contributed by atoms with van der Waals surface area (Å²) < 4.78 is 2.65. The van der Waals surface area contributed by atoms with E-state index in [-0.39, 0.29) is 13.0 Å². The Kier molecular flexibility index (Phi) is 4.17. The van der Waals surface area contributed by atoms with Crippen LogP contribution in [0.15, 0.2) is 0 Å². The summed E-state index contributed by atoms with van der Waals surface area (Å²) in [7, 11) is 0. The van der Waals surface area contributed by atoms with Gasteiger partial charge in [-0.25, -0.2) is 4.79 Å². The predicted octanol–water partition coefficient (Wildman–Crippen LogP) is 2.44. The van der Waals surface area contributed by atoms with Gasteiger partial charge in [0.1, 0.15) is 0 Å². The summed E-state index contributed by atoms with van der Waals surface area (Å²) >= 11 is 15.8. The predicted molar refractivity (Wildman–Crippen MR) is 38.9 cm³/mol. The number of rotatable bonds is 2. The molecule has 0 radical (unpaired) electrons. The van der Waals surface area contributed by atoms with Crippen LogP contribution in [0.5, 0.6) is 0 Å². The monoisotopic (exact) mass is 206 g/mol. The van der Waals surface area contributed by atoms with Gasteiger partial charge >= 0.3 is 6.16 Å². The Labute approximate surface area is 72.8 Å². The lowest BCUT2D eigenvalue weighted by Gasteiger charge is -2.08. The second-order valence-corrected chi connectivity index (χ2v) is 4.00. The Bertz CT molecular complexity index is 119. The molecule has 0 saturated heterocycles. The number of carbonyl (C=O) groups is 1. The zero-order valence-electron chi connectivity index (χ0n) is 4.81. The van der Waals surface area contributed by atoms with Crippen LogP contribution in [0.2, 0.25) is 0 Å². The average molecular weight is 207 g/mol. The zero-order chi connectivity index (χ0) is 8.20. The standard InChI is InChI=1S/C4H5Cl3O3/c5-4(6,7)1-2-10-3(8)9/h1-2H2,(H,8,9). The molecule has 1 N–H and O–H groups in total. The van der Waals surface area contributed by atoms with Crippen molar-refractivity contribution in [3.05, 3.63) is 0 Å².